The molecule has 0 aliphatic carbocycles. The average molecular weight is 401 g/mol. The number of ether oxygens (including phenoxy) is 1. The Kier molecular flexibility index (Phi) is 5.68. The Morgan fingerprint density at radius 2 is 1.69 bits per heavy atom. The smallest absolute Gasteiger partial charge is 0.257 e. The predicted octanol–water partition coefficient (Wildman–Crippen LogP) is 5.95. The summed E-state index contributed by atoms with van der Waals surface area (Å²) in [5, 5.41) is 5.41. The number of hydrogen-bond donors (Lipinski definition) is 1. The molecular weight excluding hydrogens is 380 g/mol. The van der Waals surface area contributed by atoms with Crippen LogP contribution < -0.4 is 10.1 Å². The Labute approximate surface area is 173 Å². The highest BCUT2D eigenvalue weighted by Gasteiger charge is 2.10. The van der Waals surface area contributed by atoms with E-state index in [4.69, 9.17) is 4.74 Å². The highest BCUT2D eigenvalue weighted by Crippen LogP contribution is 2.25. The molecule has 1 amide bonds. The zero-order valence-electron chi connectivity index (χ0n) is 16.0. The van der Waals surface area contributed by atoms with E-state index >= 15 is 0 Å². The van der Waals surface area contributed by atoms with Crippen molar-refractivity contribution in [1.29, 1.82) is 0 Å². The molecule has 0 atom stereocenters. The van der Waals surface area contributed by atoms with E-state index in [1.165, 1.54) is 16.9 Å². The third-order valence-corrected chi connectivity index (χ3v) is 5.19. The Hall–Kier alpha value is -3.44. The molecule has 0 radical (unpaired) electrons. The number of aryl methyl sites for hydroxylation is 1. The number of hydrogen-bond acceptors (Lipinski definition) is 4. The van der Waals surface area contributed by atoms with Crippen LogP contribution in [0, 0.1) is 6.92 Å². The first-order valence-corrected chi connectivity index (χ1v) is 10.2. The number of nitrogens with zero attached hydrogens (tertiary/aromatic N) is 1. The number of nitrogens with one attached hydrogen (secondary N) is 1. The zero-order chi connectivity index (χ0) is 20.1. The summed E-state index contributed by atoms with van der Waals surface area (Å²) in [4.78, 5) is 17.0. The van der Waals surface area contributed by atoms with Crippen molar-refractivity contribution in [3.05, 3.63) is 101 Å². The number of thiazole rings is 1. The number of para-hydroxylation sites is 1. The summed E-state index contributed by atoms with van der Waals surface area (Å²) in [6.45, 7) is 2.51. The fraction of sp³-hybridized carbons (Fsp3) is 0.0833. The van der Waals surface area contributed by atoms with Crippen LogP contribution in [0.2, 0.25) is 0 Å². The Morgan fingerprint density at radius 1 is 0.966 bits per heavy atom. The van der Waals surface area contributed by atoms with Gasteiger partial charge >= 0.3 is 0 Å². The first-order valence-electron chi connectivity index (χ1n) is 9.28. The average Bonchev–Trinajstić information content (AvgIpc) is 3.22. The van der Waals surface area contributed by atoms with E-state index in [1.807, 2.05) is 60.0 Å². The molecule has 0 bridgehead atoms. The molecule has 0 saturated carbocycles. The number of benzene rings is 3. The summed E-state index contributed by atoms with van der Waals surface area (Å²) in [6, 6.07) is 25.2. The van der Waals surface area contributed by atoms with E-state index in [9.17, 15) is 4.79 Å². The van der Waals surface area contributed by atoms with Crippen LogP contribution in [0.5, 0.6) is 5.75 Å². The van der Waals surface area contributed by atoms with Crippen molar-refractivity contribution >= 4 is 22.4 Å². The Morgan fingerprint density at radius 3 is 2.41 bits per heavy atom. The van der Waals surface area contributed by atoms with Gasteiger partial charge in [-0.25, -0.2) is 4.98 Å². The first-order chi connectivity index (χ1) is 14.2. The minimum atomic E-state index is -0.176. The molecule has 29 heavy (non-hydrogen) atoms. The highest BCUT2D eigenvalue weighted by atomic mass is 32.1. The van der Waals surface area contributed by atoms with Crippen molar-refractivity contribution in [3.8, 4) is 17.0 Å². The van der Waals surface area contributed by atoms with Gasteiger partial charge < -0.3 is 4.74 Å². The molecule has 0 unspecified atom stereocenters. The summed E-state index contributed by atoms with van der Waals surface area (Å²) in [5.74, 6) is 0.646. The lowest BCUT2D eigenvalue weighted by molar-refractivity contribution is 0.102. The topological polar surface area (TPSA) is 51.2 Å². The van der Waals surface area contributed by atoms with Gasteiger partial charge in [0.25, 0.3) is 5.91 Å². The summed E-state index contributed by atoms with van der Waals surface area (Å²) >= 11 is 1.42. The highest BCUT2D eigenvalue weighted by molar-refractivity contribution is 7.14. The van der Waals surface area contributed by atoms with E-state index in [1.54, 1.807) is 12.1 Å². The van der Waals surface area contributed by atoms with Gasteiger partial charge in [0.2, 0.25) is 0 Å². The molecule has 0 aliphatic rings. The number of carbonyl (C=O) groups excluding carboxylic acids is 1. The van der Waals surface area contributed by atoms with Gasteiger partial charge in [0.05, 0.1) is 5.69 Å². The van der Waals surface area contributed by atoms with Gasteiger partial charge in [-0.15, -0.1) is 11.3 Å². The van der Waals surface area contributed by atoms with Crippen molar-refractivity contribution in [2.75, 3.05) is 5.32 Å². The lowest BCUT2D eigenvalue weighted by Crippen LogP contribution is -2.11. The quantitative estimate of drug-likeness (QED) is 0.435. The van der Waals surface area contributed by atoms with Gasteiger partial charge in [0, 0.05) is 16.5 Å². The summed E-state index contributed by atoms with van der Waals surface area (Å²) < 4.78 is 5.73. The second kappa shape index (κ2) is 8.71. The minimum absolute atomic E-state index is 0.176. The molecule has 1 aromatic heterocycles. The van der Waals surface area contributed by atoms with Gasteiger partial charge in [-0.2, -0.15) is 0 Å². The summed E-state index contributed by atoms with van der Waals surface area (Å²) in [5.41, 5.74) is 4.69. The molecule has 0 spiro atoms. The van der Waals surface area contributed by atoms with Crippen LogP contribution in [-0.2, 0) is 6.61 Å². The maximum absolute atomic E-state index is 12.5. The van der Waals surface area contributed by atoms with Gasteiger partial charge in [-0.05, 0) is 36.8 Å². The summed E-state index contributed by atoms with van der Waals surface area (Å²) in [6.07, 6.45) is 0. The normalized spacial score (nSPS) is 10.5. The molecule has 3 aromatic carbocycles. The molecule has 4 aromatic rings. The molecule has 4 nitrogen and oxygen atoms in total. The monoisotopic (exact) mass is 400 g/mol. The zero-order valence-corrected chi connectivity index (χ0v) is 16.8. The van der Waals surface area contributed by atoms with Crippen LogP contribution in [0.15, 0.2) is 84.2 Å². The third-order valence-electron chi connectivity index (χ3n) is 4.44. The van der Waals surface area contributed by atoms with Crippen molar-refractivity contribution in [1.82, 2.24) is 4.98 Å². The minimum Gasteiger partial charge on any atom is -0.489 e. The van der Waals surface area contributed by atoms with Gasteiger partial charge in [0.15, 0.2) is 5.13 Å². The van der Waals surface area contributed by atoms with Crippen LogP contribution in [0.25, 0.3) is 11.3 Å². The fourth-order valence-electron chi connectivity index (χ4n) is 2.79. The van der Waals surface area contributed by atoms with Crippen molar-refractivity contribution in [2.45, 2.75) is 13.5 Å². The largest absolute Gasteiger partial charge is 0.489 e. The second-order valence-electron chi connectivity index (χ2n) is 6.66. The van der Waals surface area contributed by atoms with Gasteiger partial charge in [0.1, 0.15) is 12.4 Å². The first kappa shape index (κ1) is 18.9. The number of carbonyl (C=O) groups is 1. The lowest BCUT2D eigenvalue weighted by atomic mass is 10.1. The molecule has 0 fully saturated rings. The van der Waals surface area contributed by atoms with E-state index in [0.29, 0.717) is 17.3 Å². The van der Waals surface area contributed by atoms with Crippen LogP contribution >= 0.6 is 11.3 Å². The maximum Gasteiger partial charge on any atom is 0.257 e. The Balaban J connectivity index is 1.37. The fourth-order valence-corrected chi connectivity index (χ4v) is 3.51. The number of anilines is 1. The van der Waals surface area contributed by atoms with Crippen LogP contribution in [0.3, 0.4) is 0 Å². The number of amides is 1. The predicted molar refractivity (Wildman–Crippen MR) is 117 cm³/mol. The maximum atomic E-state index is 12.5. The van der Waals surface area contributed by atoms with Crippen molar-refractivity contribution in [3.63, 3.8) is 0 Å². The summed E-state index contributed by atoms with van der Waals surface area (Å²) in [7, 11) is 0. The molecular formula is C24H20N2O2S. The van der Waals surface area contributed by atoms with E-state index < -0.39 is 0 Å². The molecule has 0 aliphatic heterocycles. The molecule has 4 rings (SSSR count). The molecule has 1 heterocycles. The van der Waals surface area contributed by atoms with E-state index in [-0.39, 0.29) is 5.91 Å². The SMILES string of the molecule is Cc1ccc(-c2csc(NC(=O)c3ccc(COc4ccccc4)cc3)n2)cc1. The van der Waals surface area contributed by atoms with E-state index in [0.717, 1.165) is 22.6 Å². The second-order valence-corrected chi connectivity index (χ2v) is 7.51. The molecule has 5 heteroatoms. The van der Waals surface area contributed by atoms with Crippen molar-refractivity contribution < 1.29 is 9.53 Å². The van der Waals surface area contributed by atoms with Crippen LogP contribution in [-0.4, -0.2) is 10.9 Å². The standard InChI is InChI=1S/C24H20N2O2S/c1-17-7-11-19(12-8-17)22-16-29-24(25-22)26-23(27)20-13-9-18(10-14-20)15-28-21-5-3-2-4-6-21/h2-14,16H,15H2,1H3,(H,25,26,27). The number of aromatic nitrogens is 1. The Bertz CT molecular complexity index is 1090. The molecule has 1 N–H and O–H groups in total. The number of rotatable bonds is 6. The van der Waals surface area contributed by atoms with E-state index in [2.05, 4.69) is 29.4 Å². The van der Waals surface area contributed by atoms with Crippen molar-refractivity contribution in [2.24, 2.45) is 0 Å². The third kappa shape index (κ3) is 4.89. The van der Waals surface area contributed by atoms with Gasteiger partial charge in [-0.1, -0.05) is 60.2 Å². The van der Waals surface area contributed by atoms with Crippen LogP contribution in [0.4, 0.5) is 5.13 Å². The van der Waals surface area contributed by atoms with Gasteiger partial charge in [-0.3, -0.25) is 10.1 Å². The molecule has 144 valence electrons. The van der Waals surface area contributed by atoms with Crippen LogP contribution in [0.1, 0.15) is 21.5 Å². The molecule has 0 saturated heterocycles. The lowest BCUT2D eigenvalue weighted by Gasteiger charge is -2.07.